The minimum Gasteiger partial charge on any atom is -0.483 e. The third kappa shape index (κ3) is 5.21. The van der Waals surface area contributed by atoms with Gasteiger partial charge in [0.1, 0.15) is 5.75 Å². The number of ether oxygens (including phenoxy) is 1. The summed E-state index contributed by atoms with van der Waals surface area (Å²) in [4.78, 5) is 11.6. The summed E-state index contributed by atoms with van der Waals surface area (Å²) < 4.78 is 5.69. The second-order valence-corrected chi connectivity index (χ2v) is 4.96. The van der Waals surface area contributed by atoms with Crippen molar-refractivity contribution in [3.8, 4) is 5.75 Å². The third-order valence-corrected chi connectivity index (χ3v) is 3.08. The normalized spacial score (nSPS) is 12.0. The Bertz CT molecular complexity index is 432. The highest BCUT2D eigenvalue weighted by molar-refractivity contribution is 5.77. The predicted molar refractivity (Wildman–Crippen MR) is 82.1 cm³/mol. The van der Waals surface area contributed by atoms with Crippen LogP contribution in [-0.2, 0) is 4.79 Å². The number of hydrogen-bond donors (Lipinski definition) is 2. The first-order valence-electron chi connectivity index (χ1n) is 7.31. The quantitative estimate of drug-likeness (QED) is 0.768. The molecule has 1 rings (SSSR count). The molecule has 0 saturated carbocycles. The van der Waals surface area contributed by atoms with Crippen molar-refractivity contribution in [2.45, 2.75) is 40.2 Å². The number of amides is 1. The van der Waals surface area contributed by atoms with E-state index in [1.807, 2.05) is 19.9 Å². The Morgan fingerprint density at radius 1 is 1.35 bits per heavy atom. The van der Waals surface area contributed by atoms with Crippen LogP contribution in [-0.4, -0.2) is 25.6 Å². The Morgan fingerprint density at radius 2 is 2.10 bits per heavy atom. The van der Waals surface area contributed by atoms with Gasteiger partial charge in [-0.1, -0.05) is 26.0 Å². The molecule has 1 aromatic carbocycles. The molecule has 0 fully saturated rings. The van der Waals surface area contributed by atoms with E-state index in [0.717, 1.165) is 29.8 Å². The Labute approximate surface area is 121 Å². The van der Waals surface area contributed by atoms with Gasteiger partial charge in [-0.25, -0.2) is 0 Å². The average Bonchev–Trinajstić information content (AvgIpc) is 2.43. The molecular weight excluding hydrogens is 252 g/mol. The third-order valence-electron chi connectivity index (χ3n) is 3.08. The average molecular weight is 278 g/mol. The fraction of sp³-hybridized carbons (Fsp3) is 0.562. The van der Waals surface area contributed by atoms with Crippen LogP contribution in [0, 0.1) is 6.92 Å². The summed E-state index contributed by atoms with van der Waals surface area (Å²) in [6.45, 7) is 9.86. The van der Waals surface area contributed by atoms with E-state index in [1.165, 1.54) is 0 Å². The van der Waals surface area contributed by atoms with E-state index in [0.29, 0.717) is 6.54 Å². The number of carbonyl (C=O) groups excluding carboxylic acids is 1. The second-order valence-electron chi connectivity index (χ2n) is 4.96. The van der Waals surface area contributed by atoms with E-state index in [9.17, 15) is 4.79 Å². The van der Waals surface area contributed by atoms with Gasteiger partial charge in [-0.15, -0.1) is 0 Å². The van der Waals surface area contributed by atoms with Crippen molar-refractivity contribution in [3.05, 3.63) is 29.3 Å². The standard InChI is InChI=1S/C16H26N2O2/c1-5-9-18-16(19)11-20-15-10-12(3)7-8-14(15)13(4)17-6-2/h7-8,10,13,17H,5-6,9,11H2,1-4H3,(H,18,19). The fourth-order valence-corrected chi connectivity index (χ4v) is 2.00. The van der Waals surface area contributed by atoms with Crippen molar-refractivity contribution in [2.24, 2.45) is 0 Å². The number of aryl methyl sites for hydroxylation is 1. The molecule has 0 aliphatic heterocycles. The highest BCUT2D eigenvalue weighted by Crippen LogP contribution is 2.26. The molecule has 4 nitrogen and oxygen atoms in total. The summed E-state index contributed by atoms with van der Waals surface area (Å²) in [5.74, 6) is 0.709. The van der Waals surface area contributed by atoms with E-state index >= 15 is 0 Å². The lowest BCUT2D eigenvalue weighted by Gasteiger charge is -2.18. The molecule has 0 aliphatic rings. The van der Waals surface area contributed by atoms with Gasteiger partial charge in [0, 0.05) is 18.2 Å². The van der Waals surface area contributed by atoms with E-state index in [4.69, 9.17) is 4.74 Å². The van der Waals surface area contributed by atoms with Crippen LogP contribution in [0.1, 0.15) is 44.4 Å². The van der Waals surface area contributed by atoms with Gasteiger partial charge in [0.25, 0.3) is 5.91 Å². The molecule has 0 aliphatic carbocycles. The van der Waals surface area contributed by atoms with Gasteiger partial charge < -0.3 is 15.4 Å². The molecule has 4 heteroatoms. The zero-order valence-corrected chi connectivity index (χ0v) is 13.0. The van der Waals surface area contributed by atoms with Crippen molar-refractivity contribution >= 4 is 5.91 Å². The van der Waals surface area contributed by atoms with E-state index < -0.39 is 0 Å². The van der Waals surface area contributed by atoms with Gasteiger partial charge in [0.2, 0.25) is 0 Å². The van der Waals surface area contributed by atoms with Crippen molar-refractivity contribution in [3.63, 3.8) is 0 Å². The zero-order valence-electron chi connectivity index (χ0n) is 13.0. The van der Waals surface area contributed by atoms with Crippen LogP contribution in [0.3, 0.4) is 0 Å². The molecular formula is C16H26N2O2. The summed E-state index contributed by atoms with van der Waals surface area (Å²) in [6.07, 6.45) is 0.929. The first-order valence-corrected chi connectivity index (χ1v) is 7.31. The maximum Gasteiger partial charge on any atom is 0.257 e. The maximum atomic E-state index is 11.6. The monoisotopic (exact) mass is 278 g/mol. The molecule has 1 atom stereocenters. The Morgan fingerprint density at radius 3 is 2.75 bits per heavy atom. The molecule has 0 spiro atoms. The van der Waals surface area contributed by atoms with Crippen LogP contribution >= 0.6 is 0 Å². The van der Waals surface area contributed by atoms with Crippen molar-refractivity contribution < 1.29 is 9.53 Å². The van der Waals surface area contributed by atoms with E-state index in [2.05, 4.69) is 36.6 Å². The molecule has 0 aromatic heterocycles. The summed E-state index contributed by atoms with van der Waals surface area (Å²) in [7, 11) is 0. The number of nitrogens with one attached hydrogen (secondary N) is 2. The SMILES string of the molecule is CCCNC(=O)COc1cc(C)ccc1C(C)NCC. The minimum atomic E-state index is -0.0737. The van der Waals surface area contributed by atoms with Crippen molar-refractivity contribution in [1.82, 2.24) is 10.6 Å². The number of carbonyl (C=O) groups is 1. The first-order chi connectivity index (χ1) is 9.58. The number of hydrogen-bond acceptors (Lipinski definition) is 3. The lowest BCUT2D eigenvalue weighted by molar-refractivity contribution is -0.123. The van der Waals surface area contributed by atoms with E-state index in [1.54, 1.807) is 0 Å². The molecule has 0 bridgehead atoms. The lowest BCUT2D eigenvalue weighted by Crippen LogP contribution is -2.29. The van der Waals surface area contributed by atoms with E-state index in [-0.39, 0.29) is 18.6 Å². The Hall–Kier alpha value is -1.55. The van der Waals surface area contributed by atoms with Crippen LogP contribution in [0.2, 0.25) is 0 Å². The largest absolute Gasteiger partial charge is 0.483 e. The molecule has 0 radical (unpaired) electrons. The fourth-order valence-electron chi connectivity index (χ4n) is 2.00. The molecule has 0 saturated heterocycles. The van der Waals surface area contributed by atoms with Gasteiger partial charge in [-0.2, -0.15) is 0 Å². The van der Waals surface area contributed by atoms with Crippen LogP contribution in [0.5, 0.6) is 5.75 Å². The molecule has 2 N–H and O–H groups in total. The summed E-state index contributed by atoms with van der Waals surface area (Å²) in [5.41, 5.74) is 2.21. The topological polar surface area (TPSA) is 50.4 Å². The van der Waals surface area contributed by atoms with Gasteiger partial charge in [0.15, 0.2) is 6.61 Å². The lowest BCUT2D eigenvalue weighted by atomic mass is 10.0. The first kappa shape index (κ1) is 16.5. The van der Waals surface area contributed by atoms with Gasteiger partial charge >= 0.3 is 0 Å². The van der Waals surface area contributed by atoms with Crippen LogP contribution < -0.4 is 15.4 Å². The highest BCUT2D eigenvalue weighted by atomic mass is 16.5. The second kappa shape index (κ2) is 8.59. The van der Waals surface area contributed by atoms with Crippen LogP contribution in [0.15, 0.2) is 18.2 Å². The number of rotatable bonds is 8. The van der Waals surface area contributed by atoms with Gasteiger partial charge in [-0.05, 0) is 38.4 Å². The maximum absolute atomic E-state index is 11.6. The van der Waals surface area contributed by atoms with Gasteiger partial charge in [0.05, 0.1) is 0 Å². The molecule has 112 valence electrons. The highest BCUT2D eigenvalue weighted by Gasteiger charge is 2.12. The number of benzene rings is 1. The molecule has 0 heterocycles. The van der Waals surface area contributed by atoms with Crippen molar-refractivity contribution in [1.29, 1.82) is 0 Å². The van der Waals surface area contributed by atoms with Gasteiger partial charge in [-0.3, -0.25) is 4.79 Å². The zero-order chi connectivity index (χ0) is 15.0. The molecule has 1 unspecified atom stereocenters. The van der Waals surface area contributed by atoms with Crippen molar-refractivity contribution in [2.75, 3.05) is 19.7 Å². The minimum absolute atomic E-state index is 0.0648. The predicted octanol–water partition coefficient (Wildman–Crippen LogP) is 2.57. The molecule has 1 aromatic rings. The van der Waals surface area contributed by atoms with Crippen LogP contribution in [0.4, 0.5) is 0 Å². The van der Waals surface area contributed by atoms with Crippen LogP contribution in [0.25, 0.3) is 0 Å². The Balaban J connectivity index is 2.71. The Kier molecular flexibility index (Phi) is 7.09. The summed E-state index contributed by atoms with van der Waals surface area (Å²) in [6, 6.07) is 6.31. The smallest absolute Gasteiger partial charge is 0.257 e. The molecule has 1 amide bonds. The molecule has 20 heavy (non-hydrogen) atoms. The summed E-state index contributed by atoms with van der Waals surface area (Å²) >= 11 is 0. The summed E-state index contributed by atoms with van der Waals surface area (Å²) in [5, 5.41) is 6.17.